The van der Waals surface area contributed by atoms with Crippen LogP contribution in [0.2, 0.25) is 0 Å². The second-order valence-electron chi connectivity index (χ2n) is 5.18. The maximum absolute atomic E-state index is 9.42. The number of hydrogen-bond donors (Lipinski definition) is 1. The Kier molecular flexibility index (Phi) is 5.46. The zero-order valence-corrected chi connectivity index (χ0v) is 14.4. The summed E-state index contributed by atoms with van der Waals surface area (Å²) in [6.07, 6.45) is 0. The Hall–Kier alpha value is -2.37. The molecule has 0 saturated heterocycles. The molecule has 0 atom stereocenters. The summed E-state index contributed by atoms with van der Waals surface area (Å²) in [5.74, 6) is 0.843. The number of ether oxygens (including phenoxy) is 1. The van der Waals surface area contributed by atoms with E-state index in [0.29, 0.717) is 13.2 Å². The van der Waals surface area contributed by atoms with E-state index in [4.69, 9.17) is 9.73 Å². The zero-order valence-electron chi connectivity index (χ0n) is 13.6. The van der Waals surface area contributed by atoms with E-state index in [1.807, 2.05) is 49.4 Å². The van der Waals surface area contributed by atoms with Crippen molar-refractivity contribution in [2.24, 2.45) is 4.99 Å². The summed E-state index contributed by atoms with van der Waals surface area (Å²) < 4.78 is 7.51. The third-order valence-electron chi connectivity index (χ3n) is 3.56. The van der Waals surface area contributed by atoms with Crippen LogP contribution < -0.4 is 9.54 Å². The van der Waals surface area contributed by atoms with Crippen LogP contribution in [-0.2, 0) is 6.54 Å². The minimum Gasteiger partial charge on any atom is -0.494 e. The predicted octanol–water partition coefficient (Wildman–Crippen LogP) is 3.84. The summed E-state index contributed by atoms with van der Waals surface area (Å²) in [5.41, 5.74) is 3.06. The minimum absolute atomic E-state index is 0.0764. The second kappa shape index (κ2) is 7.95. The largest absolute Gasteiger partial charge is 0.494 e. The molecule has 0 unspecified atom stereocenters. The van der Waals surface area contributed by atoms with Gasteiger partial charge in [0.1, 0.15) is 5.75 Å². The maximum Gasteiger partial charge on any atom is 0.190 e. The molecule has 5 heteroatoms. The Morgan fingerprint density at radius 3 is 2.50 bits per heavy atom. The predicted molar refractivity (Wildman–Crippen MR) is 97.7 cm³/mol. The second-order valence-corrected chi connectivity index (χ2v) is 6.02. The molecule has 0 aliphatic heterocycles. The molecule has 124 valence electrons. The molecule has 0 saturated carbocycles. The van der Waals surface area contributed by atoms with Crippen molar-refractivity contribution >= 4 is 17.0 Å². The highest BCUT2D eigenvalue weighted by Crippen LogP contribution is 2.21. The molecule has 0 bridgehead atoms. The molecule has 2 aromatic carbocycles. The minimum atomic E-state index is 0.0764. The summed E-state index contributed by atoms with van der Waals surface area (Å²) in [7, 11) is 0. The molecule has 1 heterocycles. The molecular weight excluding hydrogens is 320 g/mol. The van der Waals surface area contributed by atoms with Gasteiger partial charge >= 0.3 is 0 Å². The van der Waals surface area contributed by atoms with Crippen molar-refractivity contribution in [3.05, 3.63) is 64.8 Å². The summed E-state index contributed by atoms with van der Waals surface area (Å²) >= 11 is 1.57. The van der Waals surface area contributed by atoms with Crippen LogP contribution in [0.15, 0.2) is 65.0 Å². The van der Waals surface area contributed by atoms with Crippen molar-refractivity contribution in [3.8, 4) is 17.0 Å². The van der Waals surface area contributed by atoms with Crippen LogP contribution in [0.5, 0.6) is 5.75 Å². The van der Waals surface area contributed by atoms with Crippen LogP contribution in [0.3, 0.4) is 0 Å². The number of rotatable bonds is 6. The van der Waals surface area contributed by atoms with Crippen molar-refractivity contribution in [3.63, 3.8) is 0 Å². The van der Waals surface area contributed by atoms with Gasteiger partial charge in [-0.15, -0.1) is 11.3 Å². The van der Waals surface area contributed by atoms with Crippen LogP contribution >= 0.6 is 11.3 Å². The van der Waals surface area contributed by atoms with Gasteiger partial charge in [-0.1, -0.05) is 30.3 Å². The first-order valence-corrected chi connectivity index (χ1v) is 8.82. The van der Waals surface area contributed by atoms with E-state index in [1.54, 1.807) is 11.3 Å². The molecule has 1 aromatic heterocycles. The van der Waals surface area contributed by atoms with E-state index in [0.717, 1.165) is 27.5 Å². The summed E-state index contributed by atoms with van der Waals surface area (Å²) in [6.45, 7) is 3.21. The van der Waals surface area contributed by atoms with Crippen molar-refractivity contribution in [2.45, 2.75) is 13.5 Å². The molecule has 0 amide bonds. The molecule has 1 N–H and O–H groups in total. The van der Waals surface area contributed by atoms with E-state index >= 15 is 0 Å². The number of benzene rings is 2. The van der Waals surface area contributed by atoms with Gasteiger partial charge in [0.25, 0.3) is 0 Å². The fourth-order valence-corrected chi connectivity index (χ4v) is 3.42. The van der Waals surface area contributed by atoms with E-state index in [1.165, 1.54) is 0 Å². The molecule has 0 fully saturated rings. The number of hydrogen-bond acceptors (Lipinski definition) is 4. The first kappa shape index (κ1) is 16.5. The van der Waals surface area contributed by atoms with Crippen molar-refractivity contribution < 1.29 is 9.84 Å². The summed E-state index contributed by atoms with van der Waals surface area (Å²) in [4.78, 5) is 5.59. The Morgan fingerprint density at radius 1 is 1.08 bits per heavy atom. The molecule has 0 spiro atoms. The standard InChI is InChI=1S/C19H20N2O2S/c1-2-23-17-10-8-16(9-11-17)20-19-21(12-13-22)18(14-24-19)15-6-4-3-5-7-15/h3-11,14,22H,2,12-13H2,1H3. The van der Waals surface area contributed by atoms with Crippen LogP contribution in [-0.4, -0.2) is 22.9 Å². The maximum atomic E-state index is 9.42. The fourth-order valence-electron chi connectivity index (χ4n) is 2.47. The lowest BCUT2D eigenvalue weighted by Gasteiger charge is -2.07. The van der Waals surface area contributed by atoms with Crippen molar-refractivity contribution in [1.29, 1.82) is 0 Å². The Bertz CT molecular complexity index is 836. The summed E-state index contributed by atoms with van der Waals surface area (Å²) in [5, 5.41) is 11.5. The summed E-state index contributed by atoms with van der Waals surface area (Å²) in [6, 6.07) is 17.9. The fraction of sp³-hybridized carbons (Fsp3) is 0.211. The number of aliphatic hydroxyl groups is 1. The van der Waals surface area contributed by atoms with Gasteiger partial charge in [0.05, 0.1) is 24.6 Å². The molecule has 3 rings (SSSR count). The molecular formula is C19H20N2O2S. The Balaban J connectivity index is 1.99. The van der Waals surface area contributed by atoms with Crippen LogP contribution in [0, 0.1) is 0 Å². The highest BCUT2D eigenvalue weighted by Gasteiger charge is 2.07. The first-order valence-electron chi connectivity index (χ1n) is 7.94. The van der Waals surface area contributed by atoms with Crippen LogP contribution in [0.25, 0.3) is 11.3 Å². The molecule has 3 aromatic rings. The average Bonchev–Trinajstić information content (AvgIpc) is 3.01. The lowest BCUT2D eigenvalue weighted by molar-refractivity contribution is 0.275. The number of nitrogens with zero attached hydrogens (tertiary/aromatic N) is 2. The van der Waals surface area contributed by atoms with Gasteiger partial charge in [-0.2, -0.15) is 0 Å². The quantitative estimate of drug-likeness (QED) is 0.741. The Morgan fingerprint density at radius 2 is 1.83 bits per heavy atom. The monoisotopic (exact) mass is 340 g/mol. The van der Waals surface area contributed by atoms with Crippen LogP contribution in [0.4, 0.5) is 5.69 Å². The number of aromatic nitrogens is 1. The lowest BCUT2D eigenvalue weighted by atomic mass is 10.2. The van der Waals surface area contributed by atoms with E-state index in [-0.39, 0.29) is 6.61 Å². The van der Waals surface area contributed by atoms with Gasteiger partial charge in [0.2, 0.25) is 0 Å². The van der Waals surface area contributed by atoms with Gasteiger partial charge in [-0.05, 0) is 36.8 Å². The molecule has 24 heavy (non-hydrogen) atoms. The Labute approximate surface area is 145 Å². The van der Waals surface area contributed by atoms with Gasteiger partial charge < -0.3 is 14.4 Å². The van der Waals surface area contributed by atoms with Gasteiger partial charge in [-0.25, -0.2) is 4.99 Å². The topological polar surface area (TPSA) is 46.8 Å². The molecule has 0 radical (unpaired) electrons. The number of thiazole rings is 1. The molecule has 0 aliphatic carbocycles. The normalized spacial score (nSPS) is 11.7. The van der Waals surface area contributed by atoms with E-state index in [2.05, 4.69) is 22.1 Å². The van der Waals surface area contributed by atoms with Crippen LogP contribution in [0.1, 0.15) is 6.92 Å². The molecule has 0 aliphatic rings. The van der Waals surface area contributed by atoms with Gasteiger partial charge in [-0.3, -0.25) is 0 Å². The van der Waals surface area contributed by atoms with E-state index in [9.17, 15) is 5.11 Å². The highest BCUT2D eigenvalue weighted by molar-refractivity contribution is 7.07. The first-order chi connectivity index (χ1) is 11.8. The van der Waals surface area contributed by atoms with Gasteiger partial charge in [0, 0.05) is 11.9 Å². The third-order valence-corrected chi connectivity index (χ3v) is 4.43. The van der Waals surface area contributed by atoms with Crippen molar-refractivity contribution in [1.82, 2.24) is 4.57 Å². The highest BCUT2D eigenvalue weighted by atomic mass is 32.1. The lowest BCUT2D eigenvalue weighted by Crippen LogP contribution is -2.17. The smallest absolute Gasteiger partial charge is 0.190 e. The van der Waals surface area contributed by atoms with E-state index < -0.39 is 0 Å². The zero-order chi connectivity index (χ0) is 16.8. The number of aliphatic hydroxyl groups excluding tert-OH is 1. The van der Waals surface area contributed by atoms with Crippen molar-refractivity contribution in [2.75, 3.05) is 13.2 Å². The third kappa shape index (κ3) is 3.75. The van der Waals surface area contributed by atoms with Gasteiger partial charge in [0.15, 0.2) is 4.80 Å². The molecule has 4 nitrogen and oxygen atoms in total. The SMILES string of the molecule is CCOc1ccc(N=c2scc(-c3ccccc3)n2CCO)cc1. The average molecular weight is 340 g/mol.